The van der Waals surface area contributed by atoms with Crippen LogP contribution in [0.2, 0.25) is 0 Å². The molecule has 13 rings (SSSR count). The fraction of sp³-hybridized carbons (Fsp3) is 0.0294. The van der Waals surface area contributed by atoms with Crippen LogP contribution in [0.3, 0.4) is 0 Å². The molecule has 13 aromatic rings. The Balaban J connectivity index is 0.00000556. The van der Waals surface area contributed by atoms with Crippen LogP contribution in [-0.2, 0) is 27.6 Å². The van der Waals surface area contributed by atoms with Gasteiger partial charge in [-0.25, -0.2) is 0 Å². The first-order valence-electron chi connectivity index (χ1n) is 24.6. The van der Waals surface area contributed by atoms with Crippen molar-refractivity contribution in [3.63, 3.8) is 0 Å². The molecule has 4 heterocycles. The molecule has 0 spiro atoms. The molecule has 0 saturated heterocycles. The van der Waals surface area contributed by atoms with Gasteiger partial charge in [-0.15, -0.1) is 24.3 Å². The van der Waals surface area contributed by atoms with Crippen LogP contribution in [0.25, 0.3) is 122 Å². The van der Waals surface area contributed by atoms with E-state index in [1.54, 1.807) is 6.07 Å². The topological polar surface area (TPSA) is 64.1 Å². The smallest absolute Gasteiger partial charge is 0.143 e. The van der Waals surface area contributed by atoms with Crippen LogP contribution in [0.15, 0.2) is 247 Å². The number of para-hydroxylation sites is 2. The van der Waals surface area contributed by atoms with E-state index in [4.69, 9.17) is 14.4 Å². The Morgan fingerprint density at radius 2 is 1.04 bits per heavy atom. The van der Waals surface area contributed by atoms with Gasteiger partial charge >= 0.3 is 0 Å². The molecule has 4 aromatic heterocycles. The maximum atomic E-state index is 11.0. The summed E-state index contributed by atoms with van der Waals surface area (Å²) in [5.74, 6) is 0.176. The van der Waals surface area contributed by atoms with E-state index in [-0.39, 0.29) is 26.8 Å². The second kappa shape index (κ2) is 19.6. The number of rotatable bonds is 10. The summed E-state index contributed by atoms with van der Waals surface area (Å²) in [4.78, 5) is 10.4. The third-order valence-electron chi connectivity index (χ3n) is 13.9. The molecule has 74 heavy (non-hydrogen) atoms. The average molecular weight is 1130 g/mol. The normalized spacial score (nSPS) is 11.3. The molecule has 1 N–H and O–H groups in total. The molecule has 5 nitrogen and oxygen atoms in total. The first-order chi connectivity index (χ1) is 36.0. The van der Waals surface area contributed by atoms with Crippen LogP contribution in [0.5, 0.6) is 5.75 Å². The number of aryl methyl sites for hydroxylation is 1. The van der Waals surface area contributed by atoms with Gasteiger partial charge in [-0.05, 0) is 100.0 Å². The Kier molecular flexibility index (Phi) is 12.2. The first kappa shape index (κ1) is 46.2. The molecule has 0 aliphatic rings. The van der Waals surface area contributed by atoms with Crippen LogP contribution in [0.4, 0.5) is 0 Å². The van der Waals surface area contributed by atoms with Gasteiger partial charge in [0.25, 0.3) is 0 Å². The summed E-state index contributed by atoms with van der Waals surface area (Å²) in [6, 6.07) is 87.9. The van der Waals surface area contributed by atoms with Crippen molar-refractivity contribution >= 4 is 32.8 Å². The number of phenols is 1. The number of fused-ring (bicyclic) bond motifs is 4. The molecule has 0 bridgehead atoms. The molecule has 9 aromatic carbocycles. The van der Waals surface area contributed by atoms with Crippen molar-refractivity contribution in [2.24, 2.45) is 0 Å². The van der Waals surface area contributed by atoms with Crippen molar-refractivity contribution in [2.45, 2.75) is 13.5 Å². The third-order valence-corrected chi connectivity index (χ3v) is 13.9. The Morgan fingerprint density at radius 3 is 1.77 bits per heavy atom. The van der Waals surface area contributed by atoms with Gasteiger partial charge in [-0.1, -0.05) is 187 Å². The number of aromatic nitrogens is 3. The molecule has 0 amide bonds. The quantitative estimate of drug-likeness (QED) is 0.139. The minimum Gasteiger partial charge on any atom is -0.507 e. The number of pyridine rings is 2. The standard InChI is InChI=1S/C68H46N3O2.Pt/c1-44-36-54(41-60(69-44)50-26-16-27-51(37-50)61-39-53(47-22-10-4-11-23-47)40-62(70-61)58-28-14-15-31-64(58)72)67-66(52-32-34-56-57-30-17-29-55(48-24-12-5-13-25-48)68(57)73-65(56)42-52)59-38-49(46-20-8-3-9-21-46)33-35-63(59)71(67)43-45-18-6-2-7-19-45;/h2-36,38-42,72H,43H2,1H3;/q-1;. The first-order valence-corrected chi connectivity index (χ1v) is 24.6. The van der Waals surface area contributed by atoms with E-state index < -0.39 is 0 Å². The summed E-state index contributed by atoms with van der Waals surface area (Å²) in [5, 5.41) is 14.3. The molecule has 0 fully saturated rings. The Morgan fingerprint density at radius 1 is 0.446 bits per heavy atom. The summed E-state index contributed by atoms with van der Waals surface area (Å²) in [7, 11) is 0. The number of hydrogen-bond donors (Lipinski definition) is 1. The Labute approximate surface area is 444 Å². The number of benzene rings is 9. The fourth-order valence-electron chi connectivity index (χ4n) is 10.5. The Hall–Kier alpha value is -8.89. The zero-order valence-electron chi connectivity index (χ0n) is 40.3. The molecule has 0 atom stereocenters. The molecule has 0 aliphatic heterocycles. The van der Waals surface area contributed by atoms with Crippen molar-refractivity contribution in [3.8, 4) is 95.3 Å². The van der Waals surface area contributed by atoms with E-state index >= 15 is 0 Å². The summed E-state index contributed by atoms with van der Waals surface area (Å²) in [6.45, 7) is 2.72. The van der Waals surface area contributed by atoms with E-state index in [0.717, 1.165) is 117 Å². The molecule has 0 radical (unpaired) electrons. The van der Waals surface area contributed by atoms with Crippen molar-refractivity contribution in [1.29, 1.82) is 0 Å². The minimum atomic E-state index is 0. The van der Waals surface area contributed by atoms with Crippen LogP contribution in [-0.4, -0.2) is 19.6 Å². The maximum Gasteiger partial charge on any atom is 0.143 e. The summed E-state index contributed by atoms with van der Waals surface area (Å²) >= 11 is 0. The van der Waals surface area contributed by atoms with E-state index in [1.807, 2.05) is 54.6 Å². The van der Waals surface area contributed by atoms with Gasteiger partial charge in [0.1, 0.15) is 16.9 Å². The van der Waals surface area contributed by atoms with Crippen LogP contribution in [0, 0.1) is 13.0 Å². The van der Waals surface area contributed by atoms with Crippen LogP contribution < -0.4 is 0 Å². The molecular formula is C68H46N3O2Pt-. The largest absolute Gasteiger partial charge is 0.507 e. The second-order valence-electron chi connectivity index (χ2n) is 18.6. The molecular weight excluding hydrogens is 1090 g/mol. The van der Waals surface area contributed by atoms with Crippen molar-refractivity contribution < 1.29 is 30.6 Å². The van der Waals surface area contributed by atoms with Gasteiger partial charge in [-0.3, -0.25) is 9.97 Å². The number of aromatic hydroxyl groups is 1. The number of furan rings is 1. The average Bonchev–Trinajstić information content (AvgIpc) is 3.99. The maximum absolute atomic E-state index is 11.0. The molecule has 6 heteroatoms. The van der Waals surface area contributed by atoms with Gasteiger partial charge < -0.3 is 14.1 Å². The fourth-order valence-corrected chi connectivity index (χ4v) is 10.5. The zero-order valence-corrected chi connectivity index (χ0v) is 42.6. The van der Waals surface area contributed by atoms with E-state index in [2.05, 4.69) is 200 Å². The molecule has 0 saturated carbocycles. The Bertz CT molecular complexity index is 4190. The summed E-state index contributed by atoms with van der Waals surface area (Å²) in [5.41, 5.74) is 20.3. The van der Waals surface area contributed by atoms with E-state index in [9.17, 15) is 5.11 Å². The SMILES string of the molecule is Cc1cc(-c2c(-c3ccc4c(c3)oc3c(-c5ccccc5)cccc34)c3cc(-c4ccccc4)ccc3n2Cc2ccccc2)cc(-c2[c-]c(-c3cc(-c4ccccc4)cc(-c4ccccc4O)n3)ccc2)n1.[Pt]. The predicted molar refractivity (Wildman–Crippen MR) is 299 cm³/mol. The zero-order chi connectivity index (χ0) is 48.8. The summed E-state index contributed by atoms with van der Waals surface area (Å²) < 4.78 is 9.40. The van der Waals surface area contributed by atoms with Gasteiger partial charge in [0, 0.05) is 83.1 Å². The van der Waals surface area contributed by atoms with Gasteiger partial charge in [0.2, 0.25) is 0 Å². The van der Waals surface area contributed by atoms with Crippen LogP contribution >= 0.6 is 0 Å². The molecule has 356 valence electrons. The van der Waals surface area contributed by atoms with E-state index in [1.165, 1.54) is 5.56 Å². The number of phenolic OH excluding ortho intramolecular Hbond substituents is 1. The molecule has 0 unspecified atom stereocenters. The van der Waals surface area contributed by atoms with Crippen LogP contribution in [0.1, 0.15) is 11.3 Å². The minimum absolute atomic E-state index is 0. The molecule has 0 aliphatic carbocycles. The monoisotopic (exact) mass is 1130 g/mol. The number of nitrogens with zero attached hydrogens (tertiary/aromatic N) is 3. The van der Waals surface area contributed by atoms with Gasteiger partial charge in [-0.2, -0.15) is 0 Å². The van der Waals surface area contributed by atoms with E-state index in [0.29, 0.717) is 17.8 Å². The summed E-state index contributed by atoms with van der Waals surface area (Å²) in [6.07, 6.45) is 0. The number of hydrogen-bond acceptors (Lipinski definition) is 4. The van der Waals surface area contributed by atoms with Crippen molar-refractivity contribution in [3.05, 3.63) is 260 Å². The van der Waals surface area contributed by atoms with Crippen molar-refractivity contribution in [2.75, 3.05) is 0 Å². The van der Waals surface area contributed by atoms with Gasteiger partial charge in [0.15, 0.2) is 0 Å². The van der Waals surface area contributed by atoms with Crippen molar-refractivity contribution in [1.82, 2.24) is 14.5 Å². The third kappa shape index (κ3) is 8.61. The van der Waals surface area contributed by atoms with Gasteiger partial charge in [0.05, 0.1) is 11.4 Å². The second-order valence-corrected chi connectivity index (χ2v) is 18.6. The predicted octanol–water partition coefficient (Wildman–Crippen LogP) is 17.5.